The van der Waals surface area contributed by atoms with Gasteiger partial charge in [-0.3, -0.25) is 4.79 Å². The fourth-order valence-corrected chi connectivity index (χ4v) is 2.97. The molecule has 17 heavy (non-hydrogen) atoms. The van der Waals surface area contributed by atoms with Gasteiger partial charge in [0, 0.05) is 19.6 Å². The monoisotopic (exact) mass is 238 g/mol. The third-order valence-electron chi connectivity index (χ3n) is 4.87. The first kappa shape index (κ1) is 12.9. The van der Waals surface area contributed by atoms with E-state index in [1.54, 1.807) is 0 Å². The molecule has 2 aliphatic carbocycles. The van der Waals surface area contributed by atoms with Gasteiger partial charge in [-0.2, -0.15) is 0 Å². The number of carbonyl (C=O) groups is 1. The fourth-order valence-electron chi connectivity index (χ4n) is 2.97. The molecule has 3 heteroatoms. The van der Waals surface area contributed by atoms with E-state index in [0.29, 0.717) is 23.9 Å². The molecule has 0 radical (unpaired) electrons. The smallest absolute Gasteiger partial charge is 0.230 e. The summed E-state index contributed by atoms with van der Waals surface area (Å²) in [6.45, 7) is 5.18. The zero-order chi connectivity index (χ0) is 12.7. The van der Waals surface area contributed by atoms with E-state index in [1.165, 1.54) is 12.8 Å². The van der Waals surface area contributed by atoms with Gasteiger partial charge in [-0.1, -0.05) is 13.8 Å². The van der Waals surface area contributed by atoms with Crippen LogP contribution >= 0.6 is 0 Å². The molecule has 0 atom stereocenters. The minimum atomic E-state index is -0.179. The van der Waals surface area contributed by atoms with Crippen LogP contribution in [0.4, 0.5) is 0 Å². The maximum Gasteiger partial charge on any atom is 0.230 e. The highest BCUT2D eigenvalue weighted by atomic mass is 16.2. The van der Waals surface area contributed by atoms with Crippen molar-refractivity contribution < 1.29 is 4.79 Å². The van der Waals surface area contributed by atoms with Gasteiger partial charge in [0.15, 0.2) is 0 Å². The molecule has 0 bridgehead atoms. The Morgan fingerprint density at radius 1 is 1.24 bits per heavy atom. The molecular formula is C14H26N2O. The summed E-state index contributed by atoms with van der Waals surface area (Å²) in [6, 6.07) is 0.444. The summed E-state index contributed by atoms with van der Waals surface area (Å²) in [5.41, 5.74) is 6.02. The van der Waals surface area contributed by atoms with Gasteiger partial charge in [0.2, 0.25) is 5.91 Å². The summed E-state index contributed by atoms with van der Waals surface area (Å²) in [6.07, 6.45) is 6.73. The summed E-state index contributed by atoms with van der Waals surface area (Å²) in [5.74, 6) is 0.296. The Morgan fingerprint density at radius 3 is 2.18 bits per heavy atom. The van der Waals surface area contributed by atoms with E-state index in [2.05, 4.69) is 13.8 Å². The number of amides is 1. The van der Waals surface area contributed by atoms with Gasteiger partial charge >= 0.3 is 0 Å². The predicted molar refractivity (Wildman–Crippen MR) is 69.5 cm³/mol. The fraction of sp³-hybridized carbons (Fsp3) is 0.929. The van der Waals surface area contributed by atoms with Crippen LogP contribution in [0, 0.1) is 10.8 Å². The predicted octanol–water partition coefficient (Wildman–Crippen LogP) is 2.15. The molecule has 0 unspecified atom stereocenters. The lowest BCUT2D eigenvalue weighted by Crippen LogP contribution is -2.46. The Kier molecular flexibility index (Phi) is 3.23. The van der Waals surface area contributed by atoms with Crippen molar-refractivity contribution in [3.63, 3.8) is 0 Å². The maximum atomic E-state index is 12.4. The zero-order valence-electron chi connectivity index (χ0n) is 11.5. The van der Waals surface area contributed by atoms with Crippen LogP contribution in [-0.2, 0) is 4.79 Å². The highest BCUT2D eigenvalue weighted by Gasteiger charge is 2.50. The Labute approximate surface area is 105 Å². The molecule has 3 nitrogen and oxygen atoms in total. The lowest BCUT2D eigenvalue weighted by atomic mass is 9.75. The molecule has 0 spiro atoms. The molecule has 2 rings (SSSR count). The van der Waals surface area contributed by atoms with Gasteiger partial charge in [0.1, 0.15) is 0 Å². The van der Waals surface area contributed by atoms with E-state index in [1.807, 2.05) is 11.9 Å². The molecule has 0 aromatic carbocycles. The first-order valence-corrected chi connectivity index (χ1v) is 6.88. The van der Waals surface area contributed by atoms with Gasteiger partial charge in [0.25, 0.3) is 0 Å². The number of hydrogen-bond donors (Lipinski definition) is 1. The van der Waals surface area contributed by atoms with Crippen molar-refractivity contribution >= 4 is 5.91 Å². The molecular weight excluding hydrogens is 212 g/mol. The zero-order valence-corrected chi connectivity index (χ0v) is 11.5. The molecule has 2 aliphatic rings. The topological polar surface area (TPSA) is 46.3 Å². The average Bonchev–Trinajstić information content (AvgIpc) is 3.08. The minimum absolute atomic E-state index is 0.179. The van der Waals surface area contributed by atoms with Gasteiger partial charge in [-0.05, 0) is 43.9 Å². The van der Waals surface area contributed by atoms with Crippen molar-refractivity contribution in [2.45, 2.75) is 58.4 Å². The average molecular weight is 238 g/mol. The molecule has 0 heterocycles. The van der Waals surface area contributed by atoms with E-state index in [-0.39, 0.29) is 5.41 Å². The number of rotatable bonds is 3. The maximum absolute atomic E-state index is 12.4. The molecule has 0 aromatic heterocycles. The summed E-state index contributed by atoms with van der Waals surface area (Å²) >= 11 is 0. The van der Waals surface area contributed by atoms with Crippen LogP contribution in [0.15, 0.2) is 0 Å². The largest absolute Gasteiger partial charge is 0.342 e. The van der Waals surface area contributed by atoms with Gasteiger partial charge in [-0.25, -0.2) is 0 Å². The van der Waals surface area contributed by atoms with Gasteiger partial charge in [-0.15, -0.1) is 0 Å². The van der Waals surface area contributed by atoms with Crippen LogP contribution in [0.1, 0.15) is 52.4 Å². The summed E-state index contributed by atoms with van der Waals surface area (Å²) in [7, 11) is 1.97. The first-order valence-electron chi connectivity index (χ1n) is 6.88. The van der Waals surface area contributed by atoms with Crippen molar-refractivity contribution in [1.82, 2.24) is 4.90 Å². The third-order valence-corrected chi connectivity index (χ3v) is 4.87. The number of carbonyl (C=O) groups excluding carboxylic acids is 1. The minimum Gasteiger partial charge on any atom is -0.342 e. The molecule has 1 amide bonds. The van der Waals surface area contributed by atoms with Crippen molar-refractivity contribution in [3.05, 3.63) is 0 Å². The van der Waals surface area contributed by atoms with E-state index < -0.39 is 0 Å². The highest BCUT2D eigenvalue weighted by Crippen LogP contribution is 2.47. The molecule has 0 aromatic rings. The van der Waals surface area contributed by atoms with Crippen LogP contribution in [0.2, 0.25) is 0 Å². The second-order valence-corrected chi connectivity index (χ2v) is 6.80. The molecule has 0 saturated heterocycles. The summed E-state index contributed by atoms with van der Waals surface area (Å²) in [5, 5.41) is 0. The van der Waals surface area contributed by atoms with Crippen LogP contribution < -0.4 is 5.73 Å². The Balaban J connectivity index is 1.93. The van der Waals surface area contributed by atoms with Gasteiger partial charge < -0.3 is 10.6 Å². The van der Waals surface area contributed by atoms with E-state index in [0.717, 1.165) is 25.7 Å². The van der Waals surface area contributed by atoms with Crippen LogP contribution in [0.25, 0.3) is 0 Å². The van der Waals surface area contributed by atoms with Crippen molar-refractivity contribution in [1.29, 1.82) is 0 Å². The quantitative estimate of drug-likeness (QED) is 0.819. The number of nitrogens with two attached hydrogens (primary N) is 1. The Hall–Kier alpha value is -0.570. The van der Waals surface area contributed by atoms with E-state index >= 15 is 0 Å². The standard InChI is InChI=1S/C14H26N2O/c1-13(2)6-4-11(5-7-13)16(3)12(17)14(10-15)8-9-14/h11H,4-10,15H2,1-3H3. The van der Waals surface area contributed by atoms with E-state index in [4.69, 9.17) is 5.73 Å². The Morgan fingerprint density at radius 2 is 1.76 bits per heavy atom. The van der Waals surface area contributed by atoms with Crippen molar-refractivity contribution in [3.8, 4) is 0 Å². The first-order chi connectivity index (χ1) is 7.90. The van der Waals surface area contributed by atoms with E-state index in [9.17, 15) is 4.79 Å². The molecule has 2 saturated carbocycles. The van der Waals surface area contributed by atoms with Crippen LogP contribution in [0.3, 0.4) is 0 Å². The molecule has 0 aliphatic heterocycles. The van der Waals surface area contributed by atoms with Crippen LogP contribution in [0.5, 0.6) is 0 Å². The highest BCUT2D eigenvalue weighted by molar-refractivity contribution is 5.85. The molecule has 2 fully saturated rings. The Bertz CT molecular complexity index is 297. The lowest BCUT2D eigenvalue weighted by Gasteiger charge is -2.39. The van der Waals surface area contributed by atoms with Crippen LogP contribution in [-0.4, -0.2) is 30.4 Å². The molecule has 2 N–H and O–H groups in total. The van der Waals surface area contributed by atoms with Gasteiger partial charge in [0.05, 0.1) is 5.41 Å². The lowest BCUT2D eigenvalue weighted by molar-refractivity contribution is -0.138. The molecule has 98 valence electrons. The second-order valence-electron chi connectivity index (χ2n) is 6.80. The normalized spacial score (nSPS) is 26.6. The number of hydrogen-bond acceptors (Lipinski definition) is 2. The third kappa shape index (κ3) is 2.49. The summed E-state index contributed by atoms with van der Waals surface area (Å²) < 4.78 is 0. The SMILES string of the molecule is CN(C(=O)C1(CN)CC1)C1CCC(C)(C)CC1. The van der Waals surface area contributed by atoms with Crippen molar-refractivity contribution in [2.24, 2.45) is 16.6 Å². The number of nitrogens with zero attached hydrogens (tertiary/aromatic N) is 1. The summed E-state index contributed by atoms with van der Waals surface area (Å²) in [4.78, 5) is 14.4. The van der Waals surface area contributed by atoms with Crippen molar-refractivity contribution in [2.75, 3.05) is 13.6 Å². The second kappa shape index (κ2) is 4.27.